The molecule has 43 heavy (non-hydrogen) atoms. The Hall–Kier alpha value is -4.82. The molecule has 5 rings (SSSR count). The maximum absolute atomic E-state index is 14.4. The molecule has 1 aliphatic heterocycles. The van der Waals surface area contributed by atoms with E-state index in [1.54, 1.807) is 42.5 Å². The van der Waals surface area contributed by atoms with Crippen molar-refractivity contribution >= 4 is 29.1 Å². The summed E-state index contributed by atoms with van der Waals surface area (Å²) in [7, 11) is 0. The van der Waals surface area contributed by atoms with Gasteiger partial charge in [0.05, 0.1) is 6.61 Å². The molecule has 0 bridgehead atoms. The molecule has 9 nitrogen and oxygen atoms in total. The van der Waals surface area contributed by atoms with Crippen molar-refractivity contribution in [1.82, 2.24) is 5.32 Å². The van der Waals surface area contributed by atoms with Crippen LogP contribution in [-0.2, 0) is 22.5 Å². The number of benzene rings is 4. The molecule has 0 aromatic heterocycles. The number of hydrogen-bond donors (Lipinski definition) is 2. The van der Waals surface area contributed by atoms with E-state index in [-0.39, 0.29) is 31.4 Å². The van der Waals surface area contributed by atoms with E-state index in [9.17, 15) is 10.3 Å². The molecule has 0 saturated heterocycles. The molecule has 1 heterocycles. The lowest BCUT2D eigenvalue weighted by Crippen LogP contribution is -2.49. The van der Waals surface area contributed by atoms with Gasteiger partial charge in [-0.3, -0.25) is 4.79 Å². The zero-order valence-corrected chi connectivity index (χ0v) is 24.0. The third kappa shape index (κ3) is 6.98. The maximum Gasteiger partial charge on any atom is 0.252 e. The van der Waals surface area contributed by atoms with Gasteiger partial charge in [0, 0.05) is 52.7 Å². The van der Waals surface area contributed by atoms with Crippen molar-refractivity contribution in [3.8, 4) is 5.75 Å². The molecule has 0 radical (unpaired) electrons. The highest BCUT2D eigenvalue weighted by Gasteiger charge is 2.53. The number of carbonyl (C=O) groups is 1. The smallest absolute Gasteiger partial charge is 0.252 e. The maximum atomic E-state index is 14.4. The quantitative estimate of drug-likeness (QED) is 0.0802. The Morgan fingerprint density at radius 3 is 2.51 bits per heavy atom. The van der Waals surface area contributed by atoms with Crippen LogP contribution in [0.3, 0.4) is 0 Å². The van der Waals surface area contributed by atoms with E-state index in [1.165, 1.54) is 0 Å². The highest BCUT2D eigenvalue weighted by Crippen LogP contribution is 2.45. The fraction of sp³-hybridized carbons (Fsp3) is 0.212. The summed E-state index contributed by atoms with van der Waals surface area (Å²) in [4.78, 5) is 22.4. The number of hydrogen-bond acceptors (Lipinski definition) is 6. The Bertz CT molecular complexity index is 1640. The van der Waals surface area contributed by atoms with Crippen molar-refractivity contribution in [2.75, 3.05) is 13.2 Å². The number of azide groups is 1. The zero-order chi connectivity index (χ0) is 30.1. The average Bonchev–Trinajstić information content (AvgIpc) is 3.41. The van der Waals surface area contributed by atoms with Gasteiger partial charge in [-0.1, -0.05) is 83.4 Å². The third-order valence-corrected chi connectivity index (χ3v) is 7.30. The SMILES string of the molecule is [N-]=[N+]=Nc1ccccc1[C@H]1OC(c2ccc(OCCCO)cc2)=N[C@@]1(Cc1ccccc1)C(=O)NCc1cccc(Cl)c1. The number of ether oxygens (including phenoxy) is 2. The molecule has 0 saturated carbocycles. The molecule has 1 amide bonds. The van der Waals surface area contributed by atoms with Crippen molar-refractivity contribution in [2.45, 2.75) is 31.0 Å². The average molecular weight is 596 g/mol. The monoisotopic (exact) mass is 595 g/mol. The number of nitrogens with zero attached hydrogens (tertiary/aromatic N) is 4. The Morgan fingerprint density at radius 1 is 1.02 bits per heavy atom. The summed E-state index contributed by atoms with van der Waals surface area (Å²) >= 11 is 6.19. The third-order valence-electron chi connectivity index (χ3n) is 7.06. The van der Waals surface area contributed by atoms with Crippen LogP contribution in [0.1, 0.15) is 34.8 Å². The number of halogens is 1. The van der Waals surface area contributed by atoms with Crippen LogP contribution in [0.4, 0.5) is 5.69 Å². The largest absolute Gasteiger partial charge is 0.494 e. The van der Waals surface area contributed by atoms with Crippen LogP contribution in [0.5, 0.6) is 5.75 Å². The summed E-state index contributed by atoms with van der Waals surface area (Å²) in [5, 5.41) is 16.6. The summed E-state index contributed by atoms with van der Waals surface area (Å²) in [6.07, 6.45) is -0.170. The van der Waals surface area contributed by atoms with E-state index < -0.39 is 11.6 Å². The molecule has 2 atom stereocenters. The van der Waals surface area contributed by atoms with Crippen molar-refractivity contribution in [2.24, 2.45) is 10.1 Å². The Balaban J connectivity index is 1.59. The fourth-order valence-electron chi connectivity index (χ4n) is 5.00. The van der Waals surface area contributed by atoms with Crippen molar-refractivity contribution in [3.05, 3.63) is 141 Å². The number of nitrogens with one attached hydrogen (secondary N) is 1. The minimum atomic E-state index is -1.45. The fourth-order valence-corrected chi connectivity index (χ4v) is 5.21. The van der Waals surface area contributed by atoms with Crippen LogP contribution in [0.25, 0.3) is 10.4 Å². The van der Waals surface area contributed by atoms with Crippen molar-refractivity contribution < 1.29 is 19.4 Å². The number of aliphatic imine (C=N–C) groups is 1. The van der Waals surface area contributed by atoms with Gasteiger partial charge < -0.3 is 19.9 Å². The minimum absolute atomic E-state index is 0.0459. The van der Waals surface area contributed by atoms with Crippen LogP contribution >= 0.6 is 11.6 Å². The first kappa shape index (κ1) is 29.7. The summed E-state index contributed by atoms with van der Waals surface area (Å²) in [6.45, 7) is 0.661. The molecule has 4 aromatic rings. The summed E-state index contributed by atoms with van der Waals surface area (Å²) in [6, 6.07) is 31.1. The Morgan fingerprint density at radius 2 is 1.77 bits per heavy atom. The lowest BCUT2D eigenvalue weighted by atomic mass is 9.81. The highest BCUT2D eigenvalue weighted by molar-refractivity contribution is 6.30. The molecular weight excluding hydrogens is 566 g/mol. The van der Waals surface area contributed by atoms with Crippen LogP contribution in [0.15, 0.2) is 113 Å². The van der Waals surface area contributed by atoms with E-state index in [0.717, 1.165) is 11.1 Å². The normalized spacial score (nSPS) is 17.3. The topological polar surface area (TPSA) is 129 Å². The number of aliphatic hydroxyl groups excluding tert-OH is 1. The van der Waals surface area contributed by atoms with Gasteiger partial charge in [0.15, 0.2) is 11.6 Å². The standard InChI is InChI=1S/C33H30ClN5O4/c34-26-11-6-10-24(20-26)22-36-32(41)33(21-23-8-2-1-3-9-23)30(28-12-4-5-13-29(28)38-39-35)43-31(37-33)25-14-16-27(17-15-25)42-19-7-18-40/h1-6,8-17,20,30,40H,7,18-19,21-22H2,(H,36,41)/t30-,33-/m1/s1. The van der Waals surface area contributed by atoms with Crippen LogP contribution in [-0.4, -0.2) is 35.7 Å². The summed E-state index contributed by atoms with van der Waals surface area (Å²) in [5.41, 5.74) is 11.1. The summed E-state index contributed by atoms with van der Waals surface area (Å²) in [5.74, 6) is 0.559. The summed E-state index contributed by atoms with van der Waals surface area (Å²) < 4.78 is 12.2. The molecule has 0 unspecified atom stereocenters. The second-order valence-corrected chi connectivity index (χ2v) is 10.4. The molecule has 218 valence electrons. The predicted molar refractivity (Wildman–Crippen MR) is 165 cm³/mol. The van der Waals surface area contributed by atoms with Gasteiger partial charge in [0.2, 0.25) is 5.90 Å². The Kier molecular flexibility index (Phi) is 9.59. The first-order valence-electron chi connectivity index (χ1n) is 13.8. The first-order chi connectivity index (χ1) is 21.0. The van der Waals surface area contributed by atoms with Gasteiger partial charge in [-0.15, -0.1) is 0 Å². The second kappa shape index (κ2) is 13.9. The number of carbonyl (C=O) groups excluding carboxylic acids is 1. The van der Waals surface area contributed by atoms with Gasteiger partial charge in [-0.05, 0) is 53.1 Å². The van der Waals surface area contributed by atoms with Crippen LogP contribution in [0, 0.1) is 0 Å². The van der Waals surface area contributed by atoms with Gasteiger partial charge in [-0.25, -0.2) is 4.99 Å². The van der Waals surface area contributed by atoms with E-state index in [1.807, 2.05) is 60.7 Å². The number of aliphatic hydroxyl groups is 1. The van der Waals surface area contributed by atoms with Crippen molar-refractivity contribution in [3.63, 3.8) is 0 Å². The van der Waals surface area contributed by atoms with Crippen molar-refractivity contribution in [1.29, 1.82) is 0 Å². The molecule has 0 spiro atoms. The molecule has 0 aliphatic carbocycles. The second-order valence-electron chi connectivity index (χ2n) is 10.0. The highest BCUT2D eigenvalue weighted by atomic mass is 35.5. The molecule has 10 heteroatoms. The van der Waals surface area contributed by atoms with Gasteiger partial charge in [-0.2, -0.15) is 0 Å². The minimum Gasteiger partial charge on any atom is -0.494 e. The van der Waals surface area contributed by atoms with E-state index in [4.69, 9.17) is 31.2 Å². The van der Waals surface area contributed by atoms with Gasteiger partial charge in [0.25, 0.3) is 5.91 Å². The first-order valence-corrected chi connectivity index (χ1v) is 14.2. The van der Waals surface area contributed by atoms with Crippen LogP contribution < -0.4 is 10.1 Å². The van der Waals surface area contributed by atoms with E-state index in [0.29, 0.717) is 40.6 Å². The molecule has 2 N–H and O–H groups in total. The Labute approximate surface area is 254 Å². The van der Waals surface area contributed by atoms with Crippen LogP contribution in [0.2, 0.25) is 5.02 Å². The van der Waals surface area contributed by atoms with E-state index >= 15 is 0 Å². The molecule has 0 fully saturated rings. The zero-order valence-electron chi connectivity index (χ0n) is 23.3. The van der Waals surface area contributed by atoms with E-state index in [2.05, 4.69) is 15.3 Å². The number of rotatable bonds is 12. The van der Waals surface area contributed by atoms with Gasteiger partial charge in [0.1, 0.15) is 5.75 Å². The molecule has 1 aliphatic rings. The number of amides is 1. The predicted octanol–water partition coefficient (Wildman–Crippen LogP) is 6.86. The lowest BCUT2D eigenvalue weighted by molar-refractivity contribution is -0.129. The molecule has 4 aromatic carbocycles. The van der Waals surface area contributed by atoms with Gasteiger partial charge >= 0.3 is 0 Å². The lowest BCUT2D eigenvalue weighted by Gasteiger charge is -2.31. The molecular formula is C33H30ClN5O4.